The second kappa shape index (κ2) is 13.5. The van der Waals surface area contributed by atoms with Gasteiger partial charge in [0.15, 0.2) is 18.1 Å². The molecular weight excluding hydrogens is 531 g/mol. The normalized spacial score (nSPS) is 10.7. The SMILES string of the molecule is CCOc1cc(/C=N\NC(=O)C(=O)Nc2cccc(Cl)c2Cl)ccc1OCC(=O)Nc1cc(C)ccc1C. The highest BCUT2D eigenvalue weighted by Gasteiger charge is 2.16. The summed E-state index contributed by atoms with van der Waals surface area (Å²) in [6, 6.07) is 15.3. The molecule has 0 spiro atoms. The third-order valence-electron chi connectivity index (χ3n) is 5.08. The fourth-order valence-corrected chi connectivity index (χ4v) is 3.54. The van der Waals surface area contributed by atoms with E-state index in [0.29, 0.717) is 23.7 Å². The van der Waals surface area contributed by atoms with Crippen molar-refractivity contribution in [3.63, 3.8) is 0 Å². The Hall–Kier alpha value is -4.08. The highest BCUT2D eigenvalue weighted by molar-refractivity contribution is 6.45. The number of carbonyl (C=O) groups excluding carboxylic acids is 3. The monoisotopic (exact) mass is 556 g/mol. The standard InChI is InChI=1S/C27H26Cl2N4O5/c1-4-37-23-13-18(14-30-33-27(36)26(35)32-20-7-5-6-19(28)25(20)29)10-11-22(23)38-15-24(34)31-21-12-16(2)8-9-17(21)3/h5-14H,4,15H2,1-3H3,(H,31,34)(H,32,35)(H,33,36)/b30-14-. The molecule has 3 aromatic rings. The Kier molecular flexibility index (Phi) is 10.1. The van der Waals surface area contributed by atoms with Crippen molar-refractivity contribution in [2.45, 2.75) is 20.8 Å². The predicted octanol–water partition coefficient (Wildman–Crippen LogP) is 5.12. The number of nitrogens with zero attached hydrogens (tertiary/aromatic N) is 1. The lowest BCUT2D eigenvalue weighted by Crippen LogP contribution is -2.32. The highest BCUT2D eigenvalue weighted by Crippen LogP contribution is 2.30. The predicted molar refractivity (Wildman–Crippen MR) is 148 cm³/mol. The van der Waals surface area contributed by atoms with Crippen molar-refractivity contribution >= 4 is 58.5 Å². The van der Waals surface area contributed by atoms with Gasteiger partial charge >= 0.3 is 11.8 Å². The number of hydrogen-bond acceptors (Lipinski definition) is 6. The Bertz CT molecular complexity index is 1380. The number of benzene rings is 3. The molecule has 0 aromatic heterocycles. The number of aryl methyl sites for hydroxylation is 2. The number of hydrogen-bond donors (Lipinski definition) is 3. The molecule has 0 fully saturated rings. The summed E-state index contributed by atoms with van der Waals surface area (Å²) in [5.74, 6) is -1.54. The molecule has 0 unspecified atom stereocenters. The van der Waals surface area contributed by atoms with Gasteiger partial charge in [0.1, 0.15) is 0 Å². The third kappa shape index (κ3) is 7.96. The van der Waals surface area contributed by atoms with Crippen LogP contribution in [0.25, 0.3) is 0 Å². The van der Waals surface area contributed by atoms with Crippen LogP contribution in [0.2, 0.25) is 10.0 Å². The summed E-state index contributed by atoms with van der Waals surface area (Å²) in [5.41, 5.74) is 5.59. The van der Waals surface area contributed by atoms with Gasteiger partial charge in [-0.3, -0.25) is 14.4 Å². The summed E-state index contributed by atoms with van der Waals surface area (Å²) < 4.78 is 11.3. The van der Waals surface area contributed by atoms with Gasteiger partial charge in [-0.25, -0.2) is 5.43 Å². The van der Waals surface area contributed by atoms with Crippen LogP contribution in [-0.4, -0.2) is 37.1 Å². The zero-order valence-corrected chi connectivity index (χ0v) is 22.4. The molecule has 0 saturated heterocycles. The minimum absolute atomic E-state index is 0.118. The van der Waals surface area contributed by atoms with Crippen molar-refractivity contribution in [3.8, 4) is 11.5 Å². The molecule has 198 valence electrons. The van der Waals surface area contributed by atoms with Gasteiger partial charge in [-0.15, -0.1) is 0 Å². The van der Waals surface area contributed by atoms with E-state index in [-0.39, 0.29) is 28.2 Å². The smallest absolute Gasteiger partial charge is 0.329 e. The molecule has 38 heavy (non-hydrogen) atoms. The van der Waals surface area contributed by atoms with Crippen LogP contribution < -0.4 is 25.5 Å². The molecule has 0 saturated carbocycles. The molecule has 0 atom stereocenters. The first kappa shape index (κ1) is 28.5. The van der Waals surface area contributed by atoms with Gasteiger partial charge in [0.25, 0.3) is 5.91 Å². The van der Waals surface area contributed by atoms with Gasteiger partial charge in [-0.2, -0.15) is 5.10 Å². The Morgan fingerprint density at radius 2 is 1.68 bits per heavy atom. The molecular formula is C27H26Cl2N4O5. The molecule has 3 rings (SSSR count). The molecule has 0 heterocycles. The average Bonchev–Trinajstić information content (AvgIpc) is 2.88. The number of rotatable bonds is 9. The molecule has 3 aromatic carbocycles. The van der Waals surface area contributed by atoms with Crippen molar-refractivity contribution in [1.82, 2.24) is 5.43 Å². The van der Waals surface area contributed by atoms with Crippen LogP contribution in [0, 0.1) is 13.8 Å². The lowest BCUT2D eigenvalue weighted by Gasteiger charge is -2.13. The van der Waals surface area contributed by atoms with Gasteiger partial charge in [-0.1, -0.05) is 41.4 Å². The second-order valence-corrected chi connectivity index (χ2v) is 8.83. The van der Waals surface area contributed by atoms with Crippen LogP contribution in [0.3, 0.4) is 0 Å². The van der Waals surface area contributed by atoms with Crippen molar-refractivity contribution < 1.29 is 23.9 Å². The Balaban J connectivity index is 1.58. The number of hydrazone groups is 1. The molecule has 3 amide bonds. The quantitative estimate of drug-likeness (QED) is 0.192. The first-order valence-corrected chi connectivity index (χ1v) is 12.3. The van der Waals surface area contributed by atoms with E-state index in [4.69, 9.17) is 32.7 Å². The van der Waals surface area contributed by atoms with Gasteiger partial charge < -0.3 is 20.1 Å². The van der Waals surface area contributed by atoms with Gasteiger partial charge in [0.05, 0.1) is 28.6 Å². The van der Waals surface area contributed by atoms with E-state index in [9.17, 15) is 14.4 Å². The van der Waals surface area contributed by atoms with E-state index in [2.05, 4.69) is 21.2 Å². The van der Waals surface area contributed by atoms with Crippen molar-refractivity contribution in [1.29, 1.82) is 0 Å². The maximum Gasteiger partial charge on any atom is 0.329 e. The van der Waals surface area contributed by atoms with E-state index < -0.39 is 11.8 Å². The Morgan fingerprint density at radius 1 is 0.895 bits per heavy atom. The molecule has 3 N–H and O–H groups in total. The first-order chi connectivity index (χ1) is 18.2. The van der Waals surface area contributed by atoms with E-state index >= 15 is 0 Å². The topological polar surface area (TPSA) is 118 Å². The first-order valence-electron chi connectivity index (χ1n) is 11.5. The maximum atomic E-state index is 12.4. The van der Waals surface area contributed by atoms with Crippen LogP contribution in [-0.2, 0) is 14.4 Å². The average molecular weight is 557 g/mol. The van der Waals surface area contributed by atoms with E-state index in [0.717, 1.165) is 16.8 Å². The minimum atomic E-state index is -1.00. The number of ether oxygens (including phenoxy) is 2. The van der Waals surface area contributed by atoms with Gasteiger partial charge in [-0.05, 0) is 73.9 Å². The van der Waals surface area contributed by atoms with Crippen LogP contribution in [0.1, 0.15) is 23.6 Å². The van der Waals surface area contributed by atoms with E-state index in [1.807, 2.05) is 39.0 Å². The van der Waals surface area contributed by atoms with Crippen LogP contribution >= 0.6 is 23.2 Å². The largest absolute Gasteiger partial charge is 0.490 e. The number of nitrogens with one attached hydrogen (secondary N) is 3. The zero-order valence-electron chi connectivity index (χ0n) is 20.9. The minimum Gasteiger partial charge on any atom is -0.490 e. The molecule has 0 aliphatic carbocycles. The third-order valence-corrected chi connectivity index (χ3v) is 5.90. The Labute approximate surface area is 230 Å². The molecule has 9 nitrogen and oxygen atoms in total. The summed E-state index contributed by atoms with van der Waals surface area (Å²) in [7, 11) is 0. The van der Waals surface area contributed by atoms with Crippen LogP contribution in [0.5, 0.6) is 11.5 Å². The maximum absolute atomic E-state index is 12.4. The summed E-state index contributed by atoms with van der Waals surface area (Å²) in [5, 5.41) is 9.37. The lowest BCUT2D eigenvalue weighted by molar-refractivity contribution is -0.136. The number of carbonyl (C=O) groups is 3. The molecule has 0 radical (unpaired) electrons. The number of amides is 3. The number of halogens is 2. The van der Waals surface area contributed by atoms with Gasteiger partial charge in [0, 0.05) is 5.69 Å². The fraction of sp³-hybridized carbons (Fsp3) is 0.185. The zero-order chi connectivity index (χ0) is 27.7. The second-order valence-electron chi connectivity index (χ2n) is 8.05. The molecule has 0 aliphatic rings. The summed E-state index contributed by atoms with van der Waals surface area (Å²) in [4.78, 5) is 36.6. The Morgan fingerprint density at radius 3 is 2.45 bits per heavy atom. The lowest BCUT2D eigenvalue weighted by atomic mass is 10.1. The molecule has 0 aliphatic heterocycles. The van der Waals surface area contributed by atoms with Crippen LogP contribution in [0.4, 0.5) is 11.4 Å². The van der Waals surface area contributed by atoms with Crippen LogP contribution in [0.15, 0.2) is 59.7 Å². The highest BCUT2D eigenvalue weighted by atomic mass is 35.5. The summed E-state index contributed by atoms with van der Waals surface area (Å²) in [6.45, 7) is 5.80. The van der Waals surface area contributed by atoms with Crippen molar-refractivity contribution in [2.24, 2.45) is 5.10 Å². The van der Waals surface area contributed by atoms with Gasteiger partial charge in [0.2, 0.25) is 0 Å². The molecule has 0 bridgehead atoms. The number of anilines is 2. The van der Waals surface area contributed by atoms with Crippen molar-refractivity contribution in [2.75, 3.05) is 23.8 Å². The molecule has 11 heteroatoms. The summed E-state index contributed by atoms with van der Waals surface area (Å²) in [6.07, 6.45) is 1.33. The fourth-order valence-electron chi connectivity index (χ4n) is 3.19. The van der Waals surface area contributed by atoms with E-state index in [1.54, 1.807) is 30.3 Å². The summed E-state index contributed by atoms with van der Waals surface area (Å²) >= 11 is 11.9. The van der Waals surface area contributed by atoms with Crippen molar-refractivity contribution in [3.05, 3.63) is 81.3 Å². The van der Waals surface area contributed by atoms with E-state index in [1.165, 1.54) is 12.3 Å².